The molecule has 1 nitrogen and oxygen atoms in total. The van der Waals surface area contributed by atoms with Gasteiger partial charge in [-0.15, -0.1) is 0 Å². The van der Waals surface area contributed by atoms with Crippen molar-refractivity contribution in [3.8, 4) is 11.3 Å². The maximum absolute atomic E-state index is 3.25. The topological polar surface area (TPSA) is 15.8 Å². The number of pyridine rings is 1. The molecule has 48 valence electrons. The molecule has 0 atom stereocenters. The monoisotopic (exact) mass is 129 g/mol. The van der Waals surface area contributed by atoms with Crippen LogP contribution in [0.4, 0.5) is 0 Å². The molecule has 3 aliphatic rings. The minimum atomic E-state index is 1.13. The molecule has 0 aromatic rings. The third-order valence-corrected chi connectivity index (χ3v) is 2.22. The summed E-state index contributed by atoms with van der Waals surface area (Å²) in [5, 5.41) is 0. The first-order valence-corrected chi connectivity index (χ1v) is 3.52. The second kappa shape index (κ2) is 1.26. The molecule has 2 bridgehead atoms. The van der Waals surface area contributed by atoms with Gasteiger partial charge in [0.1, 0.15) is 0 Å². The zero-order valence-corrected chi connectivity index (χ0v) is 5.52. The fraction of sp³-hybridized carbons (Fsp3) is 0.111. The van der Waals surface area contributed by atoms with Crippen molar-refractivity contribution in [2.45, 2.75) is 6.42 Å². The van der Waals surface area contributed by atoms with Crippen molar-refractivity contribution in [3.05, 3.63) is 35.5 Å². The van der Waals surface area contributed by atoms with Gasteiger partial charge in [0.05, 0.1) is 0 Å². The first kappa shape index (κ1) is 4.56. The van der Waals surface area contributed by atoms with E-state index in [2.05, 4.69) is 29.4 Å². The lowest BCUT2D eigenvalue weighted by Gasteiger charge is -1.94. The van der Waals surface area contributed by atoms with Crippen molar-refractivity contribution < 1.29 is 0 Å². The highest BCUT2D eigenvalue weighted by atomic mass is 14.7. The van der Waals surface area contributed by atoms with Crippen LogP contribution in [0.25, 0.3) is 11.3 Å². The SMILES string of the molecule is c1[nH]c2ccc3c-2cc1C3. The van der Waals surface area contributed by atoms with Crippen molar-refractivity contribution in [1.29, 1.82) is 0 Å². The molecule has 0 aromatic carbocycles. The predicted molar refractivity (Wildman–Crippen MR) is 40.2 cm³/mol. The van der Waals surface area contributed by atoms with Gasteiger partial charge in [-0.2, -0.15) is 0 Å². The molecule has 0 spiro atoms. The van der Waals surface area contributed by atoms with Crippen LogP contribution in [0.5, 0.6) is 0 Å². The summed E-state index contributed by atoms with van der Waals surface area (Å²) in [5.41, 5.74) is 5.58. The van der Waals surface area contributed by atoms with E-state index in [4.69, 9.17) is 0 Å². The molecule has 1 aliphatic heterocycles. The second-order valence-electron chi connectivity index (χ2n) is 2.87. The number of hydrogen-bond acceptors (Lipinski definition) is 0. The first-order valence-electron chi connectivity index (χ1n) is 3.52. The van der Waals surface area contributed by atoms with Gasteiger partial charge < -0.3 is 4.98 Å². The van der Waals surface area contributed by atoms with Crippen LogP contribution < -0.4 is 0 Å². The minimum Gasteiger partial charge on any atom is -0.361 e. The lowest BCUT2D eigenvalue weighted by Crippen LogP contribution is -1.78. The van der Waals surface area contributed by atoms with Crippen molar-refractivity contribution in [1.82, 2.24) is 4.98 Å². The molecule has 1 heterocycles. The average Bonchev–Trinajstić information content (AvgIpc) is 2.38. The van der Waals surface area contributed by atoms with E-state index >= 15 is 0 Å². The summed E-state index contributed by atoms with van der Waals surface area (Å²) in [4.78, 5) is 3.25. The van der Waals surface area contributed by atoms with Crippen molar-refractivity contribution in [3.63, 3.8) is 0 Å². The fourth-order valence-electron chi connectivity index (χ4n) is 1.71. The highest BCUT2D eigenvalue weighted by Crippen LogP contribution is 2.33. The third kappa shape index (κ3) is 0.366. The Balaban J connectivity index is 2.58. The number of rotatable bonds is 0. The number of nitrogens with one attached hydrogen (secondary N) is 1. The fourth-order valence-corrected chi connectivity index (χ4v) is 1.71. The summed E-state index contributed by atoms with van der Waals surface area (Å²) in [6, 6.07) is 6.61. The lowest BCUT2D eigenvalue weighted by molar-refractivity contribution is 1.22. The highest BCUT2D eigenvalue weighted by Gasteiger charge is 2.16. The van der Waals surface area contributed by atoms with Gasteiger partial charge in [-0.25, -0.2) is 0 Å². The van der Waals surface area contributed by atoms with Gasteiger partial charge in [-0.05, 0) is 29.7 Å². The van der Waals surface area contributed by atoms with E-state index < -0.39 is 0 Å². The van der Waals surface area contributed by atoms with E-state index in [1.54, 1.807) is 0 Å². The van der Waals surface area contributed by atoms with Crippen LogP contribution in [0.2, 0.25) is 0 Å². The van der Waals surface area contributed by atoms with Crippen LogP contribution >= 0.6 is 0 Å². The standard InChI is InChI=1S/C9H7N/c1-2-9-8-4-6(5-10-9)3-7(1)8/h1-2,4-5,10H,3H2. The van der Waals surface area contributed by atoms with Gasteiger partial charge in [0.15, 0.2) is 0 Å². The molecule has 0 radical (unpaired) electrons. The van der Waals surface area contributed by atoms with Crippen molar-refractivity contribution in [2.24, 2.45) is 0 Å². The normalized spacial score (nSPS) is 13.6. The zero-order chi connectivity index (χ0) is 6.55. The molecule has 10 heavy (non-hydrogen) atoms. The zero-order valence-electron chi connectivity index (χ0n) is 5.52. The van der Waals surface area contributed by atoms with Gasteiger partial charge in [-0.3, -0.25) is 0 Å². The van der Waals surface area contributed by atoms with Crippen LogP contribution in [0.1, 0.15) is 11.1 Å². The summed E-state index contributed by atoms with van der Waals surface area (Å²) in [5.74, 6) is 0. The lowest BCUT2D eigenvalue weighted by atomic mass is 10.2. The smallest absolute Gasteiger partial charge is 0.0456 e. The Morgan fingerprint density at radius 1 is 1.30 bits per heavy atom. The van der Waals surface area contributed by atoms with Gasteiger partial charge in [0, 0.05) is 17.5 Å². The maximum atomic E-state index is 3.25. The Kier molecular flexibility index (Phi) is 0.575. The third-order valence-electron chi connectivity index (χ3n) is 2.22. The molecule has 1 N–H and O–H groups in total. The number of fused-ring (bicyclic) bond motifs is 1. The van der Waals surface area contributed by atoms with Gasteiger partial charge in [0.2, 0.25) is 0 Å². The molecule has 0 amide bonds. The van der Waals surface area contributed by atoms with Gasteiger partial charge in [0.25, 0.3) is 0 Å². The van der Waals surface area contributed by atoms with E-state index in [1.807, 2.05) is 0 Å². The van der Waals surface area contributed by atoms with Crippen LogP contribution in [0.3, 0.4) is 0 Å². The first-order chi connectivity index (χ1) is 4.93. The van der Waals surface area contributed by atoms with Crippen LogP contribution in [0.15, 0.2) is 24.4 Å². The number of aromatic nitrogens is 1. The molecule has 0 unspecified atom stereocenters. The Morgan fingerprint density at radius 3 is 3.30 bits per heavy atom. The van der Waals surface area contributed by atoms with Gasteiger partial charge in [-0.1, -0.05) is 6.07 Å². The quantitative estimate of drug-likeness (QED) is 0.478. The number of hydrogen-bond donors (Lipinski definition) is 1. The molecule has 3 rings (SSSR count). The van der Waals surface area contributed by atoms with E-state index in [1.165, 1.54) is 22.4 Å². The molecule has 0 fully saturated rings. The van der Waals surface area contributed by atoms with E-state index in [-0.39, 0.29) is 0 Å². The van der Waals surface area contributed by atoms with E-state index in [9.17, 15) is 0 Å². The van der Waals surface area contributed by atoms with E-state index in [0.29, 0.717) is 0 Å². The second-order valence-corrected chi connectivity index (χ2v) is 2.87. The largest absolute Gasteiger partial charge is 0.361 e. The average molecular weight is 129 g/mol. The van der Waals surface area contributed by atoms with Crippen LogP contribution in [-0.4, -0.2) is 4.98 Å². The molecule has 0 aromatic heterocycles. The molecular weight excluding hydrogens is 122 g/mol. The summed E-state index contributed by atoms with van der Waals surface area (Å²) in [7, 11) is 0. The van der Waals surface area contributed by atoms with Gasteiger partial charge >= 0.3 is 0 Å². The highest BCUT2D eigenvalue weighted by molar-refractivity contribution is 5.72. The summed E-state index contributed by atoms with van der Waals surface area (Å²) in [6.45, 7) is 0. The predicted octanol–water partition coefficient (Wildman–Crippen LogP) is 2.02. The maximum Gasteiger partial charge on any atom is 0.0456 e. The Hall–Kier alpha value is -1.24. The summed E-state index contributed by atoms with van der Waals surface area (Å²) < 4.78 is 0. The summed E-state index contributed by atoms with van der Waals surface area (Å²) in [6.07, 6.45) is 3.22. The molecule has 0 saturated carbocycles. The molecule has 2 aliphatic carbocycles. The molecular formula is C9H7N. The Morgan fingerprint density at radius 2 is 2.30 bits per heavy atom. The van der Waals surface area contributed by atoms with E-state index in [0.717, 1.165) is 6.42 Å². The minimum absolute atomic E-state index is 1.13. The number of aromatic amines is 1. The van der Waals surface area contributed by atoms with Crippen LogP contribution in [0, 0.1) is 0 Å². The Labute approximate surface area is 59.0 Å². The summed E-state index contributed by atoms with van der Waals surface area (Å²) >= 11 is 0. The van der Waals surface area contributed by atoms with Crippen molar-refractivity contribution in [2.75, 3.05) is 0 Å². The Bertz CT molecular complexity index is 359. The van der Waals surface area contributed by atoms with Crippen molar-refractivity contribution >= 4 is 0 Å². The number of H-pyrrole nitrogens is 1. The van der Waals surface area contributed by atoms with Crippen LogP contribution in [-0.2, 0) is 6.42 Å². The molecule has 1 heteroatoms. The molecule has 0 saturated heterocycles.